The SMILES string of the molecule is CCCCCc1ccc(OC(=O)C=Cc2ccc(OCCCCCCCCOC(=O)c3cc(N)cc(N)c3)cc2)cc1. The summed E-state index contributed by atoms with van der Waals surface area (Å²) in [6.45, 7) is 3.23. The van der Waals surface area contributed by atoms with Gasteiger partial charge in [-0.1, -0.05) is 69.7 Å². The van der Waals surface area contributed by atoms with Crippen LogP contribution in [0.1, 0.15) is 86.2 Å². The highest BCUT2D eigenvalue weighted by Gasteiger charge is 2.08. The average molecular weight is 573 g/mol. The molecule has 3 aromatic rings. The molecular formula is C35H44N2O5. The Hall–Kier alpha value is -4.26. The molecule has 0 aliphatic carbocycles. The van der Waals surface area contributed by atoms with Gasteiger partial charge in [-0.3, -0.25) is 0 Å². The lowest BCUT2D eigenvalue weighted by Crippen LogP contribution is -2.07. The Morgan fingerprint density at radius 3 is 2.00 bits per heavy atom. The standard InChI is InChI=1S/C35H44N2O5/c1-2-3-8-11-27-14-19-33(20-15-27)42-34(38)21-16-28-12-17-32(18-13-28)40-22-9-6-4-5-7-10-23-41-35(39)29-24-30(36)26-31(37)25-29/h12-21,24-26H,2-11,22-23,36-37H2,1H3. The number of unbranched alkanes of at least 4 members (excludes halogenated alkanes) is 7. The Kier molecular flexibility index (Phi) is 14.0. The van der Waals surface area contributed by atoms with E-state index in [2.05, 4.69) is 6.92 Å². The van der Waals surface area contributed by atoms with Crippen molar-refractivity contribution in [3.63, 3.8) is 0 Å². The largest absolute Gasteiger partial charge is 0.494 e. The molecule has 7 nitrogen and oxygen atoms in total. The zero-order valence-electron chi connectivity index (χ0n) is 24.7. The fourth-order valence-electron chi connectivity index (χ4n) is 4.44. The van der Waals surface area contributed by atoms with Crippen molar-refractivity contribution in [2.45, 2.75) is 71.1 Å². The summed E-state index contributed by atoms with van der Waals surface area (Å²) in [4.78, 5) is 24.3. The summed E-state index contributed by atoms with van der Waals surface area (Å²) in [5, 5.41) is 0. The van der Waals surface area contributed by atoms with Crippen molar-refractivity contribution in [2.75, 3.05) is 24.7 Å². The summed E-state index contributed by atoms with van der Waals surface area (Å²) >= 11 is 0. The molecule has 0 spiro atoms. The van der Waals surface area contributed by atoms with Gasteiger partial charge in [0.05, 0.1) is 18.8 Å². The maximum atomic E-state index is 12.2. The second-order valence-electron chi connectivity index (χ2n) is 10.4. The fraction of sp³-hybridized carbons (Fsp3) is 0.371. The molecule has 0 aliphatic heterocycles. The molecule has 42 heavy (non-hydrogen) atoms. The first-order valence-corrected chi connectivity index (χ1v) is 15.0. The van der Waals surface area contributed by atoms with Crippen molar-refractivity contribution in [1.82, 2.24) is 0 Å². The second kappa shape index (κ2) is 18.2. The monoisotopic (exact) mass is 572 g/mol. The van der Waals surface area contributed by atoms with Crippen LogP contribution in [0.5, 0.6) is 11.5 Å². The number of rotatable bonds is 18. The van der Waals surface area contributed by atoms with E-state index in [-0.39, 0.29) is 0 Å². The van der Waals surface area contributed by atoms with Gasteiger partial charge in [-0.15, -0.1) is 0 Å². The number of nitrogens with two attached hydrogens (primary N) is 2. The first-order chi connectivity index (χ1) is 20.4. The number of benzene rings is 3. The van der Waals surface area contributed by atoms with E-state index in [1.165, 1.54) is 30.9 Å². The highest BCUT2D eigenvalue weighted by molar-refractivity contribution is 5.91. The lowest BCUT2D eigenvalue weighted by atomic mass is 10.1. The third-order valence-electron chi connectivity index (χ3n) is 6.76. The molecular weight excluding hydrogens is 528 g/mol. The summed E-state index contributed by atoms with van der Waals surface area (Å²) < 4.78 is 16.6. The maximum Gasteiger partial charge on any atom is 0.338 e. The van der Waals surface area contributed by atoms with E-state index in [1.54, 1.807) is 24.3 Å². The number of aryl methyl sites for hydroxylation is 1. The van der Waals surface area contributed by atoms with Crippen molar-refractivity contribution >= 4 is 29.4 Å². The van der Waals surface area contributed by atoms with Crippen molar-refractivity contribution in [3.05, 3.63) is 89.5 Å². The van der Waals surface area contributed by atoms with Gasteiger partial charge in [-0.25, -0.2) is 9.59 Å². The van der Waals surface area contributed by atoms with Gasteiger partial charge < -0.3 is 25.7 Å². The van der Waals surface area contributed by atoms with Crippen LogP contribution >= 0.6 is 0 Å². The number of hydrogen-bond acceptors (Lipinski definition) is 7. The van der Waals surface area contributed by atoms with Crippen LogP contribution in [0.3, 0.4) is 0 Å². The fourth-order valence-corrected chi connectivity index (χ4v) is 4.44. The van der Waals surface area contributed by atoms with Gasteiger partial charge in [-0.2, -0.15) is 0 Å². The van der Waals surface area contributed by atoms with Crippen LogP contribution in [0.2, 0.25) is 0 Å². The number of nitrogen functional groups attached to an aromatic ring is 2. The summed E-state index contributed by atoms with van der Waals surface area (Å²) in [5.74, 6) is 0.553. The van der Waals surface area contributed by atoms with Crippen LogP contribution in [0, 0.1) is 0 Å². The van der Waals surface area contributed by atoms with Gasteiger partial charge in [0.2, 0.25) is 0 Å². The van der Waals surface area contributed by atoms with Crippen LogP contribution in [0.15, 0.2) is 72.8 Å². The minimum Gasteiger partial charge on any atom is -0.494 e. The Balaban J connectivity index is 1.22. The molecule has 7 heteroatoms. The molecule has 3 aromatic carbocycles. The number of carbonyl (C=O) groups excluding carboxylic acids is 2. The first kappa shape index (κ1) is 32.3. The van der Waals surface area contributed by atoms with Crippen molar-refractivity contribution in [3.8, 4) is 11.5 Å². The minimum absolute atomic E-state index is 0.383. The van der Waals surface area contributed by atoms with Gasteiger partial charge in [0, 0.05) is 17.5 Å². The number of carbonyl (C=O) groups is 2. The van der Waals surface area contributed by atoms with E-state index in [1.807, 2.05) is 48.5 Å². The summed E-state index contributed by atoms with van der Waals surface area (Å²) in [6, 6.07) is 20.1. The lowest BCUT2D eigenvalue weighted by molar-refractivity contribution is -0.128. The molecule has 0 amide bonds. The number of ether oxygens (including phenoxy) is 3. The van der Waals surface area contributed by atoms with Crippen molar-refractivity contribution in [2.24, 2.45) is 0 Å². The third kappa shape index (κ3) is 12.5. The van der Waals surface area contributed by atoms with E-state index in [0.717, 1.165) is 56.3 Å². The van der Waals surface area contributed by atoms with E-state index < -0.39 is 11.9 Å². The number of hydrogen-bond donors (Lipinski definition) is 2. The van der Waals surface area contributed by atoms with Gasteiger partial charge in [0.15, 0.2) is 0 Å². The Morgan fingerprint density at radius 2 is 1.33 bits per heavy atom. The maximum absolute atomic E-state index is 12.2. The Labute approximate surface area is 249 Å². The zero-order valence-corrected chi connectivity index (χ0v) is 24.7. The number of esters is 2. The van der Waals surface area contributed by atoms with Crippen molar-refractivity contribution in [1.29, 1.82) is 0 Å². The topological polar surface area (TPSA) is 114 Å². The molecule has 224 valence electrons. The molecule has 0 aromatic heterocycles. The second-order valence-corrected chi connectivity index (χ2v) is 10.4. The smallest absolute Gasteiger partial charge is 0.338 e. The van der Waals surface area contributed by atoms with Crippen LogP contribution in [-0.4, -0.2) is 25.2 Å². The molecule has 0 radical (unpaired) electrons. The molecule has 0 unspecified atom stereocenters. The third-order valence-corrected chi connectivity index (χ3v) is 6.76. The summed E-state index contributed by atoms with van der Waals surface area (Å²) in [7, 11) is 0. The van der Waals surface area contributed by atoms with Crippen LogP contribution in [-0.2, 0) is 16.0 Å². The van der Waals surface area contributed by atoms with E-state index in [9.17, 15) is 9.59 Å². The lowest BCUT2D eigenvalue weighted by Gasteiger charge is -2.07. The summed E-state index contributed by atoms with van der Waals surface area (Å²) in [5.41, 5.74) is 14.9. The predicted molar refractivity (Wildman–Crippen MR) is 170 cm³/mol. The highest BCUT2D eigenvalue weighted by Crippen LogP contribution is 2.17. The Bertz CT molecular complexity index is 1250. The first-order valence-electron chi connectivity index (χ1n) is 15.0. The van der Waals surface area contributed by atoms with Gasteiger partial charge >= 0.3 is 11.9 Å². The van der Waals surface area contributed by atoms with Gasteiger partial charge in [0.25, 0.3) is 0 Å². The van der Waals surface area contributed by atoms with Gasteiger partial charge in [0.1, 0.15) is 11.5 Å². The van der Waals surface area contributed by atoms with Crippen LogP contribution in [0.4, 0.5) is 11.4 Å². The van der Waals surface area contributed by atoms with E-state index in [4.69, 9.17) is 25.7 Å². The molecule has 3 rings (SSSR count). The van der Waals surface area contributed by atoms with Crippen LogP contribution in [0.25, 0.3) is 6.08 Å². The molecule has 0 heterocycles. The zero-order chi connectivity index (χ0) is 30.0. The Morgan fingerprint density at radius 1 is 0.714 bits per heavy atom. The highest BCUT2D eigenvalue weighted by atomic mass is 16.5. The predicted octanol–water partition coefficient (Wildman–Crippen LogP) is 7.78. The average Bonchev–Trinajstić information content (AvgIpc) is 2.98. The molecule has 0 bridgehead atoms. The molecule has 0 saturated heterocycles. The summed E-state index contributed by atoms with van der Waals surface area (Å²) in [6.07, 6.45) is 13.9. The van der Waals surface area contributed by atoms with E-state index in [0.29, 0.717) is 35.9 Å². The molecule has 4 N–H and O–H groups in total. The van der Waals surface area contributed by atoms with E-state index >= 15 is 0 Å². The molecule has 0 saturated carbocycles. The quantitative estimate of drug-likeness (QED) is 0.0526. The molecule has 0 aliphatic rings. The molecule has 0 fully saturated rings. The number of anilines is 2. The van der Waals surface area contributed by atoms with Crippen LogP contribution < -0.4 is 20.9 Å². The normalized spacial score (nSPS) is 11.0. The van der Waals surface area contributed by atoms with Crippen molar-refractivity contribution < 1.29 is 23.8 Å². The molecule has 0 atom stereocenters. The minimum atomic E-state index is -0.404. The van der Waals surface area contributed by atoms with Gasteiger partial charge in [-0.05, 0) is 85.4 Å².